The second kappa shape index (κ2) is 8.68. The molecule has 0 spiro atoms. The average Bonchev–Trinajstić information content (AvgIpc) is 3.41. The van der Waals surface area contributed by atoms with Gasteiger partial charge in [0.1, 0.15) is 17.4 Å². The van der Waals surface area contributed by atoms with Crippen molar-refractivity contribution in [1.29, 1.82) is 0 Å². The molecule has 0 aliphatic carbocycles. The van der Waals surface area contributed by atoms with Crippen molar-refractivity contribution in [3.63, 3.8) is 0 Å². The second-order valence-corrected chi connectivity index (χ2v) is 9.93. The molecule has 15 heteroatoms. The zero-order valence-electron chi connectivity index (χ0n) is 16.6. The van der Waals surface area contributed by atoms with Crippen molar-refractivity contribution in [2.75, 3.05) is 6.54 Å². The highest BCUT2D eigenvalue weighted by molar-refractivity contribution is 7.81. The molecule has 184 valence electrons. The maximum Gasteiger partial charge on any atom is 0.435 e. The molecule has 0 bridgehead atoms. The Balaban J connectivity index is 1.51. The van der Waals surface area contributed by atoms with Gasteiger partial charge in [-0.15, -0.1) is 11.3 Å². The highest BCUT2D eigenvalue weighted by Gasteiger charge is 2.63. The number of benzene rings is 1. The normalized spacial score (nSPS) is 20.3. The van der Waals surface area contributed by atoms with E-state index in [1.54, 1.807) is 11.0 Å². The number of hydrogen-bond donors (Lipinski definition) is 1. The zero-order chi connectivity index (χ0) is 25.1. The van der Waals surface area contributed by atoms with Crippen molar-refractivity contribution >= 4 is 57.6 Å². The Labute approximate surface area is 207 Å². The summed E-state index contributed by atoms with van der Waals surface area (Å²) in [6.45, 7) is -0.941. The molecule has 3 heterocycles. The number of nitrogens with zero attached hydrogens (tertiary/aromatic N) is 2. The van der Waals surface area contributed by atoms with Gasteiger partial charge in [0.2, 0.25) is 0 Å². The van der Waals surface area contributed by atoms with Crippen LogP contribution in [0.25, 0.3) is 0 Å². The topological polar surface area (TPSA) is 36.9 Å². The Morgan fingerprint density at radius 1 is 1.15 bits per heavy atom. The van der Waals surface area contributed by atoms with E-state index in [1.165, 1.54) is 0 Å². The first-order chi connectivity index (χ1) is 15.7. The molecule has 1 aromatic heterocycles. The molecule has 0 radical (unpaired) electrons. The second-order valence-electron chi connectivity index (χ2n) is 7.57. The van der Waals surface area contributed by atoms with Crippen LogP contribution in [0.15, 0.2) is 23.4 Å². The van der Waals surface area contributed by atoms with Gasteiger partial charge in [0.15, 0.2) is 5.82 Å². The molecule has 1 atom stereocenters. The zero-order valence-corrected chi connectivity index (χ0v) is 19.7. The van der Waals surface area contributed by atoms with E-state index in [4.69, 9.17) is 40.3 Å². The summed E-state index contributed by atoms with van der Waals surface area (Å²) in [5.74, 6) is -1.05. The minimum Gasteiger partial charge on any atom is -0.372 e. The summed E-state index contributed by atoms with van der Waals surface area (Å²) in [5, 5.41) is 4.62. The number of halogens is 9. The first-order valence-electron chi connectivity index (χ1n) is 9.38. The third kappa shape index (κ3) is 4.67. The predicted molar refractivity (Wildman–Crippen MR) is 117 cm³/mol. The smallest absolute Gasteiger partial charge is 0.372 e. The van der Waals surface area contributed by atoms with Crippen molar-refractivity contribution in [3.05, 3.63) is 54.9 Å². The van der Waals surface area contributed by atoms with Crippen LogP contribution in [0, 0.1) is 5.82 Å². The summed E-state index contributed by atoms with van der Waals surface area (Å²) >= 11 is 17.5. The van der Waals surface area contributed by atoms with Gasteiger partial charge in [0, 0.05) is 17.0 Å². The van der Waals surface area contributed by atoms with Crippen LogP contribution in [0.1, 0.15) is 27.3 Å². The van der Waals surface area contributed by atoms with Crippen LogP contribution >= 0.6 is 46.8 Å². The van der Waals surface area contributed by atoms with Gasteiger partial charge < -0.3 is 15.1 Å². The number of thiophene rings is 1. The van der Waals surface area contributed by atoms with Gasteiger partial charge in [0.25, 0.3) is 5.60 Å². The van der Waals surface area contributed by atoms with Crippen LogP contribution in [0.3, 0.4) is 0 Å². The molecule has 34 heavy (non-hydrogen) atoms. The van der Waals surface area contributed by atoms with Gasteiger partial charge in [-0.2, -0.15) is 26.3 Å². The summed E-state index contributed by atoms with van der Waals surface area (Å²) in [7, 11) is 0. The highest BCUT2D eigenvalue weighted by atomic mass is 35.5. The molecule has 0 saturated carbocycles. The molecular weight excluding hydrogens is 554 g/mol. The van der Waals surface area contributed by atoms with E-state index in [-0.39, 0.29) is 23.9 Å². The number of oxime groups is 1. The number of thiocarbonyl (C=S) groups is 1. The highest BCUT2D eigenvalue weighted by Crippen LogP contribution is 2.50. The van der Waals surface area contributed by atoms with Gasteiger partial charge in [-0.25, -0.2) is 4.39 Å². The fourth-order valence-electron chi connectivity index (χ4n) is 3.58. The summed E-state index contributed by atoms with van der Waals surface area (Å²) in [4.78, 5) is 7.56. The lowest BCUT2D eigenvalue weighted by molar-refractivity contribution is -0.275. The molecule has 0 amide bonds. The predicted octanol–water partition coefficient (Wildman–Crippen LogP) is 6.53. The van der Waals surface area contributed by atoms with Crippen LogP contribution in [0.2, 0.25) is 10.0 Å². The molecule has 1 aromatic carbocycles. The third-order valence-corrected chi connectivity index (χ3v) is 7.48. The minimum absolute atomic E-state index is 0.00313. The minimum atomic E-state index is -4.93. The van der Waals surface area contributed by atoms with Crippen LogP contribution in [-0.4, -0.2) is 34.6 Å². The Morgan fingerprint density at radius 2 is 1.79 bits per heavy atom. The SMILES string of the molecule is Fc1c(Cl)cc(C2(C(F)(F)F)CC(N3Cc4cc(C(=S)NCC(F)(F)F)sc4C3)=NO2)cc1Cl. The van der Waals surface area contributed by atoms with Crippen LogP contribution in [0.4, 0.5) is 30.7 Å². The summed E-state index contributed by atoms with van der Waals surface area (Å²) in [5.41, 5.74) is -2.70. The van der Waals surface area contributed by atoms with Crippen LogP contribution in [-0.2, 0) is 23.5 Å². The van der Waals surface area contributed by atoms with Crippen LogP contribution < -0.4 is 5.32 Å². The van der Waals surface area contributed by atoms with E-state index >= 15 is 0 Å². The third-order valence-electron chi connectivity index (χ3n) is 5.25. The first kappa shape index (κ1) is 25.3. The molecular formula is C19H12Cl2F7N3OS2. The monoisotopic (exact) mass is 565 g/mol. The summed E-state index contributed by atoms with van der Waals surface area (Å²) in [6, 6.07) is 3.20. The van der Waals surface area contributed by atoms with Crippen molar-refractivity contribution in [3.8, 4) is 0 Å². The molecule has 2 aliphatic heterocycles. The maximum atomic E-state index is 14.1. The van der Waals surface area contributed by atoms with E-state index in [1.807, 2.05) is 0 Å². The lowest BCUT2D eigenvalue weighted by Crippen LogP contribution is -2.44. The van der Waals surface area contributed by atoms with Gasteiger partial charge in [-0.05, 0) is 23.8 Å². The number of nitrogens with one attached hydrogen (secondary N) is 1. The van der Waals surface area contributed by atoms with Crippen molar-refractivity contribution in [2.24, 2.45) is 5.16 Å². The average molecular weight is 566 g/mol. The van der Waals surface area contributed by atoms with Gasteiger partial charge in [-0.1, -0.05) is 40.6 Å². The summed E-state index contributed by atoms with van der Waals surface area (Å²) < 4.78 is 93.3. The van der Waals surface area contributed by atoms with Crippen molar-refractivity contribution in [2.45, 2.75) is 37.5 Å². The Morgan fingerprint density at radius 3 is 2.35 bits per heavy atom. The quantitative estimate of drug-likeness (QED) is 0.261. The lowest BCUT2D eigenvalue weighted by atomic mass is 9.89. The number of rotatable bonds is 3. The van der Waals surface area contributed by atoms with Crippen LogP contribution in [0.5, 0.6) is 0 Å². The molecule has 4 rings (SSSR count). The largest absolute Gasteiger partial charge is 0.435 e. The fourth-order valence-corrected chi connectivity index (χ4v) is 5.43. The van der Waals surface area contributed by atoms with Gasteiger partial charge in [-0.3, -0.25) is 0 Å². The Kier molecular flexibility index (Phi) is 6.45. The number of fused-ring (bicyclic) bond motifs is 1. The van der Waals surface area contributed by atoms with E-state index in [0.717, 1.165) is 28.3 Å². The molecule has 4 nitrogen and oxygen atoms in total. The van der Waals surface area contributed by atoms with Gasteiger partial charge in [0.05, 0.1) is 27.9 Å². The molecule has 2 aliphatic rings. The number of alkyl halides is 6. The van der Waals surface area contributed by atoms with E-state index in [0.29, 0.717) is 10.4 Å². The Hall–Kier alpha value is -1.83. The first-order valence-corrected chi connectivity index (χ1v) is 11.4. The molecule has 2 aromatic rings. The maximum absolute atomic E-state index is 14.1. The molecule has 0 saturated heterocycles. The Bertz CT molecular complexity index is 1140. The lowest BCUT2D eigenvalue weighted by Gasteiger charge is -2.30. The standard InChI is InChI=1S/C19H12Cl2F7N3OS2/c20-10-2-9(3-11(21)15(10)22)17(19(26,27)28)4-14(30-32-17)31-5-8-1-12(34-13(8)6-31)16(33)29-7-18(23,24)25/h1-3H,4-7H2,(H,29,33). The molecule has 0 fully saturated rings. The van der Waals surface area contributed by atoms with E-state index in [9.17, 15) is 30.7 Å². The fraction of sp³-hybridized carbons (Fsp3) is 0.368. The molecule has 1 N–H and O–H groups in total. The van der Waals surface area contributed by atoms with E-state index in [2.05, 4.69) is 10.5 Å². The van der Waals surface area contributed by atoms with E-state index < -0.39 is 52.3 Å². The van der Waals surface area contributed by atoms with Crippen molar-refractivity contribution in [1.82, 2.24) is 10.2 Å². The molecule has 1 unspecified atom stereocenters. The summed E-state index contributed by atoms with van der Waals surface area (Å²) in [6.07, 6.45) is -10.1. The number of hydrogen-bond acceptors (Lipinski definition) is 5. The number of amidine groups is 1. The van der Waals surface area contributed by atoms with Gasteiger partial charge >= 0.3 is 12.4 Å². The van der Waals surface area contributed by atoms with Crippen molar-refractivity contribution < 1.29 is 35.6 Å².